The molecule has 0 amide bonds. The molecule has 0 radical (unpaired) electrons. The molecule has 0 aliphatic carbocycles. The maximum absolute atomic E-state index is 11.9. The Balaban J connectivity index is 1.73. The van der Waals surface area contributed by atoms with Gasteiger partial charge in [0.25, 0.3) is 0 Å². The Kier molecular flexibility index (Phi) is 7.61. The number of nitrogens with zero attached hydrogens (tertiary/aromatic N) is 4. The molecule has 3 heterocycles. The molecule has 2 aromatic heterocycles. The molecule has 4 atom stereocenters. The molecule has 1 aliphatic heterocycles. The summed E-state index contributed by atoms with van der Waals surface area (Å²) >= 11 is 6.38. The Morgan fingerprint density at radius 1 is 1.00 bits per heavy atom. The summed E-state index contributed by atoms with van der Waals surface area (Å²) in [6.07, 6.45) is 0.875. The van der Waals surface area contributed by atoms with E-state index in [9.17, 15) is 14.4 Å². The maximum Gasteiger partial charge on any atom is 0.303 e. The van der Waals surface area contributed by atoms with Gasteiger partial charge in [-0.3, -0.25) is 19.0 Å². The molecule has 0 N–H and O–H groups in total. The zero-order valence-corrected chi connectivity index (χ0v) is 20.4. The minimum absolute atomic E-state index is 0.112. The number of rotatable bonds is 7. The van der Waals surface area contributed by atoms with E-state index in [2.05, 4.69) is 15.0 Å². The molecule has 0 saturated carbocycles. The standard InChI is InChI=1S/C24H23ClN4O7/c1-13(30)33-11-17-20(34-14(2)31)21(35-15(3)32)24(36-17)29-12-26-19-22(25)27-18(28-23(19)29)10-9-16-7-5-4-6-8-16/h4-10,12,17,20-21,24H,11H2,1-3H3/b10-9+/t17-,20-,21-,24-/m1/s1. The third-order valence-electron chi connectivity index (χ3n) is 5.24. The largest absolute Gasteiger partial charge is 0.463 e. The van der Waals surface area contributed by atoms with Crippen molar-refractivity contribution in [1.29, 1.82) is 0 Å². The van der Waals surface area contributed by atoms with Crippen molar-refractivity contribution in [2.75, 3.05) is 6.61 Å². The van der Waals surface area contributed by atoms with Crippen molar-refractivity contribution < 1.29 is 33.3 Å². The lowest BCUT2D eigenvalue weighted by Gasteiger charge is -2.23. The molecule has 1 fully saturated rings. The van der Waals surface area contributed by atoms with Crippen molar-refractivity contribution >= 4 is 52.8 Å². The number of esters is 3. The lowest BCUT2D eigenvalue weighted by atomic mass is 10.1. The van der Waals surface area contributed by atoms with Crippen LogP contribution in [-0.2, 0) is 33.3 Å². The molecule has 0 unspecified atom stereocenters. The fourth-order valence-electron chi connectivity index (χ4n) is 3.81. The second kappa shape index (κ2) is 10.8. The fraction of sp³-hybridized carbons (Fsp3) is 0.333. The number of carbonyl (C=O) groups excluding carboxylic acids is 3. The van der Waals surface area contributed by atoms with E-state index < -0.39 is 42.4 Å². The van der Waals surface area contributed by atoms with Crippen molar-refractivity contribution in [1.82, 2.24) is 19.5 Å². The van der Waals surface area contributed by atoms with Crippen molar-refractivity contribution in [3.05, 3.63) is 53.2 Å². The van der Waals surface area contributed by atoms with E-state index in [0.717, 1.165) is 5.56 Å². The molecule has 0 spiro atoms. The number of halogens is 1. The molecular weight excluding hydrogens is 492 g/mol. The first-order valence-corrected chi connectivity index (χ1v) is 11.4. The van der Waals surface area contributed by atoms with E-state index in [4.69, 9.17) is 30.5 Å². The predicted octanol–water partition coefficient (Wildman–Crippen LogP) is 2.97. The summed E-state index contributed by atoms with van der Waals surface area (Å²) in [6.45, 7) is 3.45. The van der Waals surface area contributed by atoms with Crippen LogP contribution in [0.4, 0.5) is 0 Å². The van der Waals surface area contributed by atoms with Gasteiger partial charge in [-0.05, 0) is 11.6 Å². The number of ether oxygens (including phenoxy) is 4. The van der Waals surface area contributed by atoms with Crippen LogP contribution in [0.5, 0.6) is 0 Å². The van der Waals surface area contributed by atoms with Gasteiger partial charge in [0.15, 0.2) is 35.1 Å². The van der Waals surface area contributed by atoms with Gasteiger partial charge in [0, 0.05) is 20.8 Å². The topological polar surface area (TPSA) is 132 Å². The number of benzene rings is 1. The average molecular weight is 515 g/mol. The van der Waals surface area contributed by atoms with Crippen LogP contribution in [-0.4, -0.2) is 62.3 Å². The first-order valence-electron chi connectivity index (χ1n) is 11.0. The van der Waals surface area contributed by atoms with Crippen LogP contribution in [0.25, 0.3) is 23.3 Å². The zero-order valence-electron chi connectivity index (χ0n) is 19.7. The molecule has 1 aliphatic rings. The highest BCUT2D eigenvalue weighted by atomic mass is 35.5. The van der Waals surface area contributed by atoms with Crippen LogP contribution in [0.1, 0.15) is 38.4 Å². The molecule has 1 saturated heterocycles. The minimum Gasteiger partial charge on any atom is -0.463 e. The fourth-order valence-corrected chi connectivity index (χ4v) is 4.03. The van der Waals surface area contributed by atoms with Gasteiger partial charge in [-0.2, -0.15) is 0 Å². The van der Waals surface area contributed by atoms with Crippen molar-refractivity contribution in [3.8, 4) is 0 Å². The van der Waals surface area contributed by atoms with Gasteiger partial charge in [0.2, 0.25) is 0 Å². The van der Waals surface area contributed by atoms with E-state index in [1.54, 1.807) is 6.08 Å². The number of hydrogen-bond acceptors (Lipinski definition) is 10. The molecule has 3 aromatic rings. The Morgan fingerprint density at radius 3 is 2.36 bits per heavy atom. The highest BCUT2D eigenvalue weighted by Gasteiger charge is 2.51. The highest BCUT2D eigenvalue weighted by Crippen LogP contribution is 2.36. The molecule has 0 bridgehead atoms. The van der Waals surface area contributed by atoms with Gasteiger partial charge >= 0.3 is 17.9 Å². The summed E-state index contributed by atoms with van der Waals surface area (Å²) in [5, 5.41) is 0.112. The lowest BCUT2D eigenvalue weighted by molar-refractivity contribution is -0.166. The summed E-state index contributed by atoms with van der Waals surface area (Å²) < 4.78 is 23.6. The van der Waals surface area contributed by atoms with Gasteiger partial charge in [-0.25, -0.2) is 15.0 Å². The van der Waals surface area contributed by atoms with Gasteiger partial charge in [-0.1, -0.05) is 48.0 Å². The van der Waals surface area contributed by atoms with Crippen LogP contribution in [0.2, 0.25) is 5.15 Å². The normalized spacial score (nSPS) is 21.6. The Bertz CT molecular complexity index is 1310. The lowest BCUT2D eigenvalue weighted by Crippen LogP contribution is -2.40. The van der Waals surface area contributed by atoms with E-state index in [1.807, 2.05) is 36.4 Å². The van der Waals surface area contributed by atoms with Crippen molar-refractivity contribution in [2.24, 2.45) is 0 Å². The number of fused-ring (bicyclic) bond motifs is 1. The van der Waals surface area contributed by atoms with Crippen LogP contribution in [0.3, 0.4) is 0 Å². The highest BCUT2D eigenvalue weighted by molar-refractivity contribution is 6.33. The number of imidazole rings is 1. The van der Waals surface area contributed by atoms with E-state index >= 15 is 0 Å². The van der Waals surface area contributed by atoms with Crippen LogP contribution in [0.15, 0.2) is 36.7 Å². The summed E-state index contributed by atoms with van der Waals surface area (Å²) in [4.78, 5) is 48.3. The first-order chi connectivity index (χ1) is 17.2. The third kappa shape index (κ3) is 5.69. The summed E-state index contributed by atoms with van der Waals surface area (Å²) in [5.74, 6) is -1.48. The van der Waals surface area contributed by atoms with Crippen LogP contribution >= 0.6 is 11.6 Å². The molecule has 4 rings (SSSR count). The van der Waals surface area contributed by atoms with E-state index in [-0.39, 0.29) is 11.8 Å². The SMILES string of the molecule is CC(=O)OC[C@H]1O[C@@H](n2cnc3c(Cl)nc(/C=C/c4ccccc4)nc32)[C@H](OC(C)=O)[C@@H]1OC(C)=O. The second-order valence-electron chi connectivity index (χ2n) is 7.96. The maximum atomic E-state index is 11.9. The minimum atomic E-state index is -1.08. The van der Waals surface area contributed by atoms with Gasteiger partial charge in [0.1, 0.15) is 18.2 Å². The monoisotopic (exact) mass is 514 g/mol. The molecular formula is C24H23ClN4O7. The van der Waals surface area contributed by atoms with Gasteiger partial charge in [-0.15, -0.1) is 0 Å². The average Bonchev–Trinajstić information content (AvgIpc) is 3.38. The first kappa shape index (κ1) is 25.3. The second-order valence-corrected chi connectivity index (χ2v) is 8.31. The third-order valence-corrected chi connectivity index (χ3v) is 5.50. The van der Waals surface area contributed by atoms with Crippen molar-refractivity contribution in [3.63, 3.8) is 0 Å². The van der Waals surface area contributed by atoms with Crippen LogP contribution < -0.4 is 0 Å². The Morgan fingerprint density at radius 2 is 1.69 bits per heavy atom. The van der Waals surface area contributed by atoms with Crippen LogP contribution in [0, 0.1) is 0 Å². The number of hydrogen-bond donors (Lipinski definition) is 0. The van der Waals surface area contributed by atoms with E-state index in [0.29, 0.717) is 17.0 Å². The molecule has 11 nitrogen and oxygen atoms in total. The summed E-state index contributed by atoms with van der Waals surface area (Å²) in [7, 11) is 0. The molecule has 1 aromatic carbocycles. The van der Waals surface area contributed by atoms with Gasteiger partial charge in [0.05, 0.1) is 6.33 Å². The molecule has 12 heteroatoms. The number of aromatic nitrogens is 4. The smallest absolute Gasteiger partial charge is 0.303 e. The molecule has 188 valence electrons. The summed E-state index contributed by atoms with van der Waals surface area (Å²) in [5.41, 5.74) is 1.54. The Hall–Kier alpha value is -3.83. The summed E-state index contributed by atoms with van der Waals surface area (Å²) in [6, 6.07) is 9.58. The van der Waals surface area contributed by atoms with Gasteiger partial charge < -0.3 is 18.9 Å². The Labute approximate surface area is 211 Å². The zero-order chi connectivity index (χ0) is 25.8. The quantitative estimate of drug-likeness (QED) is 0.263. The predicted molar refractivity (Wildman–Crippen MR) is 127 cm³/mol. The molecule has 36 heavy (non-hydrogen) atoms. The van der Waals surface area contributed by atoms with Crippen molar-refractivity contribution in [2.45, 2.75) is 45.3 Å². The van der Waals surface area contributed by atoms with E-state index in [1.165, 1.54) is 31.7 Å². The number of carbonyl (C=O) groups is 3.